The highest BCUT2D eigenvalue weighted by atomic mass is 15.3. The van der Waals surface area contributed by atoms with Gasteiger partial charge in [-0.15, -0.1) is 0 Å². The Balaban J connectivity index is 2.07. The van der Waals surface area contributed by atoms with Crippen LogP contribution in [0.4, 0.5) is 5.82 Å². The third-order valence-corrected chi connectivity index (χ3v) is 2.77. The Labute approximate surface area is 101 Å². The van der Waals surface area contributed by atoms with Crippen molar-refractivity contribution < 1.29 is 0 Å². The molecule has 5 nitrogen and oxygen atoms in total. The second-order valence-corrected chi connectivity index (χ2v) is 4.19. The smallest absolute Gasteiger partial charge is 0.145 e. The van der Waals surface area contributed by atoms with Gasteiger partial charge in [-0.25, -0.2) is 4.98 Å². The quantitative estimate of drug-likeness (QED) is 0.874. The van der Waals surface area contributed by atoms with Crippen LogP contribution in [0.3, 0.4) is 0 Å². The molecular formula is C12H17N5. The molecule has 0 amide bonds. The fraction of sp³-hybridized carbons (Fsp3) is 0.417. The van der Waals surface area contributed by atoms with E-state index in [0.717, 1.165) is 29.4 Å². The van der Waals surface area contributed by atoms with E-state index in [2.05, 4.69) is 20.4 Å². The zero-order valence-corrected chi connectivity index (χ0v) is 10.7. The maximum Gasteiger partial charge on any atom is 0.145 e. The molecule has 0 atom stereocenters. The third-order valence-electron chi connectivity index (χ3n) is 2.77. The van der Waals surface area contributed by atoms with E-state index in [1.54, 1.807) is 6.20 Å². The third kappa shape index (κ3) is 2.61. The summed E-state index contributed by atoms with van der Waals surface area (Å²) in [7, 11) is 1.92. The van der Waals surface area contributed by atoms with Gasteiger partial charge >= 0.3 is 0 Å². The Morgan fingerprint density at radius 1 is 1.18 bits per heavy atom. The minimum atomic E-state index is 0.719. The standard InChI is InChI=1S/C12H17N5/c1-8-9(2)15-12(6-13-8)14-5-11-7-17(4)16-10(11)3/h6-7H,5H2,1-4H3,(H,14,15). The SMILES string of the molecule is Cc1nn(C)cc1CNc1cnc(C)c(C)n1. The zero-order chi connectivity index (χ0) is 12.4. The van der Waals surface area contributed by atoms with Crippen molar-refractivity contribution in [1.82, 2.24) is 19.7 Å². The Kier molecular flexibility index (Phi) is 3.08. The lowest BCUT2D eigenvalue weighted by Gasteiger charge is -2.06. The lowest BCUT2D eigenvalue weighted by Crippen LogP contribution is -2.04. The van der Waals surface area contributed by atoms with Gasteiger partial charge in [0.2, 0.25) is 0 Å². The minimum Gasteiger partial charge on any atom is -0.365 e. The van der Waals surface area contributed by atoms with E-state index in [9.17, 15) is 0 Å². The Morgan fingerprint density at radius 2 is 1.94 bits per heavy atom. The van der Waals surface area contributed by atoms with Crippen LogP contribution in [0.15, 0.2) is 12.4 Å². The lowest BCUT2D eigenvalue weighted by atomic mass is 10.2. The van der Waals surface area contributed by atoms with E-state index in [1.165, 1.54) is 5.56 Å². The van der Waals surface area contributed by atoms with Gasteiger partial charge in [-0.2, -0.15) is 5.10 Å². The van der Waals surface area contributed by atoms with Crippen molar-refractivity contribution in [3.63, 3.8) is 0 Å². The van der Waals surface area contributed by atoms with Crippen LogP contribution in [-0.2, 0) is 13.6 Å². The number of hydrogen-bond donors (Lipinski definition) is 1. The first kappa shape index (κ1) is 11.6. The molecule has 2 rings (SSSR count). The number of aromatic nitrogens is 4. The first-order valence-electron chi connectivity index (χ1n) is 5.59. The van der Waals surface area contributed by atoms with E-state index in [4.69, 9.17) is 0 Å². The molecule has 0 aliphatic carbocycles. The second kappa shape index (κ2) is 4.53. The Morgan fingerprint density at radius 3 is 2.53 bits per heavy atom. The van der Waals surface area contributed by atoms with Crippen LogP contribution in [0.25, 0.3) is 0 Å². The van der Waals surface area contributed by atoms with E-state index < -0.39 is 0 Å². The topological polar surface area (TPSA) is 55.6 Å². The van der Waals surface area contributed by atoms with Crippen LogP contribution >= 0.6 is 0 Å². The van der Waals surface area contributed by atoms with Gasteiger partial charge in [0, 0.05) is 25.4 Å². The lowest BCUT2D eigenvalue weighted by molar-refractivity contribution is 0.756. The molecule has 0 aliphatic rings. The van der Waals surface area contributed by atoms with E-state index >= 15 is 0 Å². The second-order valence-electron chi connectivity index (χ2n) is 4.19. The summed E-state index contributed by atoms with van der Waals surface area (Å²) in [4.78, 5) is 8.70. The van der Waals surface area contributed by atoms with Gasteiger partial charge in [-0.05, 0) is 20.8 Å². The molecule has 0 unspecified atom stereocenters. The van der Waals surface area contributed by atoms with Crippen molar-refractivity contribution in [2.45, 2.75) is 27.3 Å². The van der Waals surface area contributed by atoms with Gasteiger partial charge in [0.05, 0.1) is 23.3 Å². The van der Waals surface area contributed by atoms with Crippen molar-refractivity contribution in [3.8, 4) is 0 Å². The van der Waals surface area contributed by atoms with Gasteiger partial charge in [0.25, 0.3) is 0 Å². The van der Waals surface area contributed by atoms with E-state index in [1.807, 2.05) is 38.7 Å². The van der Waals surface area contributed by atoms with Crippen molar-refractivity contribution in [1.29, 1.82) is 0 Å². The first-order chi connectivity index (χ1) is 8.06. The summed E-state index contributed by atoms with van der Waals surface area (Å²) >= 11 is 0. The normalized spacial score (nSPS) is 10.6. The summed E-state index contributed by atoms with van der Waals surface area (Å²) in [5.41, 5.74) is 4.13. The molecule has 0 fully saturated rings. The maximum absolute atomic E-state index is 4.42. The molecule has 17 heavy (non-hydrogen) atoms. The molecule has 0 spiro atoms. The average molecular weight is 231 g/mol. The van der Waals surface area contributed by atoms with Gasteiger partial charge in [-0.3, -0.25) is 9.67 Å². The largest absolute Gasteiger partial charge is 0.365 e. The highest BCUT2D eigenvalue weighted by molar-refractivity contribution is 5.35. The minimum absolute atomic E-state index is 0.719. The molecular weight excluding hydrogens is 214 g/mol. The molecule has 0 aliphatic heterocycles. The van der Waals surface area contributed by atoms with Crippen LogP contribution in [0.5, 0.6) is 0 Å². The van der Waals surface area contributed by atoms with Gasteiger partial charge in [0.1, 0.15) is 5.82 Å². The van der Waals surface area contributed by atoms with Crippen LogP contribution in [-0.4, -0.2) is 19.7 Å². The fourth-order valence-electron chi connectivity index (χ4n) is 1.63. The van der Waals surface area contributed by atoms with Gasteiger partial charge < -0.3 is 5.32 Å². The number of anilines is 1. The summed E-state index contributed by atoms with van der Waals surface area (Å²) in [6.07, 6.45) is 3.77. The van der Waals surface area contributed by atoms with Gasteiger partial charge in [-0.1, -0.05) is 0 Å². The average Bonchev–Trinajstić information content (AvgIpc) is 2.59. The van der Waals surface area contributed by atoms with Crippen molar-refractivity contribution in [3.05, 3.63) is 35.0 Å². The van der Waals surface area contributed by atoms with Crippen molar-refractivity contribution >= 4 is 5.82 Å². The molecule has 0 bridgehead atoms. The zero-order valence-electron chi connectivity index (χ0n) is 10.7. The molecule has 0 saturated carbocycles. The van der Waals surface area contributed by atoms with Crippen LogP contribution in [0.1, 0.15) is 22.6 Å². The molecule has 5 heteroatoms. The predicted molar refractivity (Wildman–Crippen MR) is 66.8 cm³/mol. The number of hydrogen-bond acceptors (Lipinski definition) is 4. The highest BCUT2D eigenvalue weighted by Crippen LogP contribution is 2.09. The summed E-state index contributed by atoms with van der Waals surface area (Å²) in [6, 6.07) is 0. The molecule has 0 aromatic carbocycles. The molecule has 90 valence electrons. The Hall–Kier alpha value is -1.91. The monoisotopic (exact) mass is 231 g/mol. The van der Waals surface area contributed by atoms with E-state index in [-0.39, 0.29) is 0 Å². The number of rotatable bonds is 3. The molecule has 2 heterocycles. The summed E-state index contributed by atoms with van der Waals surface area (Å²) in [6.45, 7) is 6.64. The maximum atomic E-state index is 4.42. The molecule has 2 aromatic heterocycles. The van der Waals surface area contributed by atoms with Crippen LogP contribution in [0, 0.1) is 20.8 Å². The predicted octanol–water partition coefficient (Wildman–Crippen LogP) is 1.75. The molecule has 2 aromatic rings. The van der Waals surface area contributed by atoms with Crippen molar-refractivity contribution in [2.24, 2.45) is 7.05 Å². The highest BCUT2D eigenvalue weighted by Gasteiger charge is 2.04. The van der Waals surface area contributed by atoms with E-state index in [0.29, 0.717) is 0 Å². The molecule has 0 radical (unpaired) electrons. The first-order valence-corrected chi connectivity index (χ1v) is 5.59. The number of nitrogens with zero attached hydrogens (tertiary/aromatic N) is 4. The molecule has 0 saturated heterocycles. The Bertz CT molecular complexity index is 530. The fourth-order valence-corrected chi connectivity index (χ4v) is 1.63. The number of aryl methyl sites for hydroxylation is 4. The van der Waals surface area contributed by atoms with Crippen LogP contribution in [0.2, 0.25) is 0 Å². The molecule has 1 N–H and O–H groups in total. The number of nitrogens with one attached hydrogen (secondary N) is 1. The summed E-state index contributed by atoms with van der Waals surface area (Å²) in [5, 5.41) is 7.55. The summed E-state index contributed by atoms with van der Waals surface area (Å²) in [5.74, 6) is 0.802. The van der Waals surface area contributed by atoms with Crippen LogP contribution < -0.4 is 5.32 Å². The van der Waals surface area contributed by atoms with Gasteiger partial charge in [0.15, 0.2) is 0 Å². The summed E-state index contributed by atoms with van der Waals surface area (Å²) < 4.78 is 1.82. The van der Waals surface area contributed by atoms with Crippen molar-refractivity contribution in [2.75, 3.05) is 5.32 Å².